The van der Waals surface area contributed by atoms with Crippen LogP contribution >= 0.6 is 0 Å². The number of carbonyl (C=O) groups is 2. The fourth-order valence-corrected chi connectivity index (χ4v) is 3.85. The van der Waals surface area contributed by atoms with Crippen LogP contribution in [0.3, 0.4) is 0 Å². The average Bonchev–Trinajstić information content (AvgIpc) is 2.97. The minimum atomic E-state index is -0.319. The van der Waals surface area contributed by atoms with Gasteiger partial charge < -0.3 is 10.6 Å². The number of rotatable bonds is 3. The maximum Gasteiger partial charge on any atom is 0.271 e. The summed E-state index contributed by atoms with van der Waals surface area (Å²) in [4.78, 5) is 36.6. The molecule has 3 N–H and O–H groups in total. The monoisotopic (exact) mass is 354 g/mol. The summed E-state index contributed by atoms with van der Waals surface area (Å²) in [6.07, 6.45) is 3.84. The molecule has 0 radical (unpaired) electrons. The van der Waals surface area contributed by atoms with Crippen LogP contribution in [0.15, 0.2) is 35.1 Å². The van der Waals surface area contributed by atoms with E-state index >= 15 is 0 Å². The maximum absolute atomic E-state index is 12.7. The van der Waals surface area contributed by atoms with Crippen molar-refractivity contribution in [1.29, 1.82) is 0 Å². The SMILES string of the molecule is Cc1ccc(-n2[nH]c(C(=O)NC3CCC(=O)NC34CCC4)cc2=O)cc1. The van der Waals surface area contributed by atoms with Crippen molar-refractivity contribution < 1.29 is 9.59 Å². The summed E-state index contributed by atoms with van der Waals surface area (Å²) in [5.41, 5.74) is 1.40. The van der Waals surface area contributed by atoms with Gasteiger partial charge >= 0.3 is 0 Å². The quantitative estimate of drug-likeness (QED) is 0.777. The van der Waals surface area contributed by atoms with Gasteiger partial charge in [0, 0.05) is 12.5 Å². The van der Waals surface area contributed by atoms with Gasteiger partial charge in [0.1, 0.15) is 5.69 Å². The molecule has 7 nitrogen and oxygen atoms in total. The molecule has 1 aliphatic heterocycles. The van der Waals surface area contributed by atoms with Crippen molar-refractivity contribution in [2.45, 2.75) is 50.6 Å². The number of aromatic nitrogens is 2. The molecule has 4 rings (SSSR count). The fourth-order valence-electron chi connectivity index (χ4n) is 3.85. The summed E-state index contributed by atoms with van der Waals surface area (Å²) >= 11 is 0. The number of nitrogens with zero attached hydrogens (tertiary/aromatic N) is 1. The zero-order valence-electron chi connectivity index (χ0n) is 14.7. The summed E-state index contributed by atoms with van der Waals surface area (Å²) in [5.74, 6) is -0.269. The first kappa shape index (κ1) is 16.6. The second-order valence-electron chi connectivity index (χ2n) is 7.30. The molecule has 2 amide bonds. The predicted molar refractivity (Wildman–Crippen MR) is 96.3 cm³/mol. The Hall–Kier alpha value is -2.83. The zero-order valence-corrected chi connectivity index (χ0v) is 14.7. The summed E-state index contributed by atoms with van der Waals surface area (Å²) in [6, 6.07) is 8.68. The van der Waals surface area contributed by atoms with Crippen LogP contribution in [0.4, 0.5) is 0 Å². The normalized spacial score (nSPS) is 21.1. The van der Waals surface area contributed by atoms with Crippen LogP contribution in [-0.4, -0.2) is 33.2 Å². The molecule has 1 unspecified atom stereocenters. The van der Waals surface area contributed by atoms with Crippen LogP contribution in [0.1, 0.15) is 48.2 Å². The molecular weight excluding hydrogens is 332 g/mol. The highest BCUT2D eigenvalue weighted by atomic mass is 16.2. The zero-order chi connectivity index (χ0) is 18.3. The number of benzene rings is 1. The molecule has 136 valence electrons. The third-order valence-electron chi connectivity index (χ3n) is 5.52. The molecule has 1 atom stereocenters. The lowest BCUT2D eigenvalue weighted by molar-refractivity contribution is -0.127. The van der Waals surface area contributed by atoms with Gasteiger partial charge in [-0.05, 0) is 44.7 Å². The van der Waals surface area contributed by atoms with E-state index < -0.39 is 0 Å². The Bertz CT molecular complexity index is 906. The summed E-state index contributed by atoms with van der Waals surface area (Å²) in [7, 11) is 0. The molecule has 2 aromatic rings. The van der Waals surface area contributed by atoms with Crippen molar-refractivity contribution in [2.24, 2.45) is 0 Å². The number of H-pyrrole nitrogens is 1. The van der Waals surface area contributed by atoms with Crippen LogP contribution in [0.5, 0.6) is 0 Å². The Morgan fingerprint density at radius 1 is 1.23 bits per heavy atom. The molecule has 2 fully saturated rings. The first-order valence-corrected chi connectivity index (χ1v) is 8.98. The maximum atomic E-state index is 12.7. The predicted octanol–water partition coefficient (Wildman–Crippen LogP) is 1.41. The van der Waals surface area contributed by atoms with Gasteiger partial charge in [-0.15, -0.1) is 0 Å². The van der Waals surface area contributed by atoms with E-state index in [2.05, 4.69) is 15.7 Å². The van der Waals surface area contributed by atoms with Crippen molar-refractivity contribution in [3.8, 4) is 5.69 Å². The summed E-state index contributed by atoms with van der Waals surface area (Å²) in [5, 5.41) is 8.95. The number of aryl methyl sites for hydroxylation is 1. The van der Waals surface area contributed by atoms with E-state index in [4.69, 9.17) is 0 Å². The Labute approximate surface area is 150 Å². The Morgan fingerprint density at radius 3 is 2.62 bits per heavy atom. The van der Waals surface area contributed by atoms with E-state index in [1.165, 1.54) is 10.7 Å². The van der Waals surface area contributed by atoms with Gasteiger partial charge in [0.25, 0.3) is 11.5 Å². The first-order valence-electron chi connectivity index (χ1n) is 8.98. The van der Waals surface area contributed by atoms with Gasteiger partial charge in [-0.25, -0.2) is 4.68 Å². The number of nitrogens with one attached hydrogen (secondary N) is 3. The summed E-state index contributed by atoms with van der Waals surface area (Å²) in [6.45, 7) is 1.97. The van der Waals surface area contributed by atoms with Crippen LogP contribution in [-0.2, 0) is 4.79 Å². The topological polar surface area (TPSA) is 96.0 Å². The lowest BCUT2D eigenvalue weighted by Crippen LogP contribution is -2.68. The minimum Gasteiger partial charge on any atom is -0.349 e. The minimum absolute atomic E-state index is 0.0501. The van der Waals surface area contributed by atoms with Gasteiger partial charge in [0.15, 0.2) is 0 Å². The highest BCUT2D eigenvalue weighted by molar-refractivity contribution is 5.92. The number of aromatic amines is 1. The third-order valence-corrected chi connectivity index (χ3v) is 5.52. The van der Waals surface area contributed by atoms with E-state index in [-0.39, 0.29) is 34.6 Å². The van der Waals surface area contributed by atoms with E-state index in [0.29, 0.717) is 18.5 Å². The Balaban J connectivity index is 1.54. The van der Waals surface area contributed by atoms with Crippen molar-refractivity contribution in [2.75, 3.05) is 0 Å². The number of hydrogen-bond donors (Lipinski definition) is 3. The molecule has 1 aromatic heterocycles. The molecule has 1 aliphatic carbocycles. The standard InChI is InChI=1S/C19H22N4O3/c1-12-3-5-13(6-4-12)23-17(25)11-14(22-23)18(26)20-15-7-8-16(24)21-19(15)9-2-10-19/h3-6,11,15,22H,2,7-10H2,1H3,(H,20,26)(H,21,24). The van der Waals surface area contributed by atoms with Gasteiger partial charge in [-0.2, -0.15) is 0 Å². The van der Waals surface area contributed by atoms with Crippen molar-refractivity contribution in [3.05, 3.63) is 51.9 Å². The second kappa shape index (κ2) is 6.16. The molecule has 2 aliphatic rings. The smallest absolute Gasteiger partial charge is 0.271 e. The molecule has 1 aromatic carbocycles. The number of piperidine rings is 1. The number of hydrogen-bond acceptors (Lipinski definition) is 3. The van der Waals surface area contributed by atoms with Crippen molar-refractivity contribution >= 4 is 11.8 Å². The highest BCUT2D eigenvalue weighted by Crippen LogP contribution is 2.38. The summed E-state index contributed by atoms with van der Waals surface area (Å²) < 4.78 is 1.36. The largest absolute Gasteiger partial charge is 0.349 e. The Kier molecular flexibility index (Phi) is 3.94. The second-order valence-corrected chi connectivity index (χ2v) is 7.30. The molecule has 0 bridgehead atoms. The van der Waals surface area contributed by atoms with Crippen LogP contribution in [0, 0.1) is 6.92 Å². The van der Waals surface area contributed by atoms with Gasteiger partial charge in [-0.1, -0.05) is 17.7 Å². The Morgan fingerprint density at radius 2 is 1.96 bits per heavy atom. The van der Waals surface area contributed by atoms with Crippen molar-refractivity contribution in [3.63, 3.8) is 0 Å². The fraction of sp³-hybridized carbons (Fsp3) is 0.421. The molecule has 2 heterocycles. The molecule has 1 saturated heterocycles. The van der Waals surface area contributed by atoms with Crippen LogP contribution in [0.25, 0.3) is 5.69 Å². The first-order chi connectivity index (χ1) is 12.5. The van der Waals surface area contributed by atoms with Crippen molar-refractivity contribution in [1.82, 2.24) is 20.4 Å². The van der Waals surface area contributed by atoms with Crippen LogP contribution < -0.4 is 16.2 Å². The van der Waals surface area contributed by atoms with E-state index in [1.807, 2.05) is 31.2 Å². The lowest BCUT2D eigenvalue weighted by Gasteiger charge is -2.50. The molecular formula is C19H22N4O3. The molecule has 7 heteroatoms. The van der Waals surface area contributed by atoms with E-state index in [0.717, 1.165) is 24.8 Å². The van der Waals surface area contributed by atoms with E-state index in [9.17, 15) is 14.4 Å². The molecule has 26 heavy (non-hydrogen) atoms. The lowest BCUT2D eigenvalue weighted by atomic mass is 9.68. The van der Waals surface area contributed by atoms with Crippen LogP contribution in [0.2, 0.25) is 0 Å². The van der Waals surface area contributed by atoms with E-state index in [1.54, 1.807) is 0 Å². The van der Waals surface area contributed by atoms with Gasteiger partial charge in [0.2, 0.25) is 5.91 Å². The highest BCUT2D eigenvalue weighted by Gasteiger charge is 2.48. The molecule has 1 spiro atoms. The average molecular weight is 354 g/mol. The van der Waals surface area contributed by atoms with Gasteiger partial charge in [0.05, 0.1) is 17.3 Å². The number of carbonyl (C=O) groups excluding carboxylic acids is 2. The number of amides is 2. The third kappa shape index (κ3) is 2.83. The molecule has 1 saturated carbocycles. The van der Waals surface area contributed by atoms with Gasteiger partial charge in [-0.3, -0.25) is 19.5 Å².